The van der Waals surface area contributed by atoms with Crippen LogP contribution in [0, 0.1) is 0 Å². The van der Waals surface area contributed by atoms with Gasteiger partial charge in [0.1, 0.15) is 17.1 Å². The highest BCUT2D eigenvalue weighted by Crippen LogP contribution is 2.24. The summed E-state index contributed by atoms with van der Waals surface area (Å²) in [6, 6.07) is 14.6. The van der Waals surface area contributed by atoms with E-state index < -0.39 is 21.7 Å². The number of aryl methyl sites for hydroxylation is 2. The van der Waals surface area contributed by atoms with Crippen molar-refractivity contribution in [2.75, 3.05) is 6.26 Å². The number of benzene rings is 2. The predicted octanol–water partition coefficient (Wildman–Crippen LogP) is 2.91. The smallest absolute Gasteiger partial charge is 0.306 e. The maximum absolute atomic E-state index is 11.3. The molecule has 0 aliphatic carbocycles. The lowest BCUT2D eigenvalue weighted by molar-refractivity contribution is -0.320. The van der Waals surface area contributed by atoms with Gasteiger partial charge in [-0.1, -0.05) is 12.1 Å². The molecule has 0 aliphatic rings. The molecule has 1 heterocycles. The van der Waals surface area contributed by atoms with E-state index in [9.17, 15) is 18.3 Å². The number of carboxylic acids is 1. The molecule has 0 radical (unpaired) electrons. The topological polar surface area (TPSA) is 97.7 Å². The molecular formula is C23H26NO6S-. The molecule has 0 saturated carbocycles. The molecule has 7 nitrogen and oxygen atoms in total. The van der Waals surface area contributed by atoms with Crippen LogP contribution in [0.15, 0.2) is 54.7 Å². The number of unbranched alkanes of at least 4 members (excludes halogenated alkanes) is 1. The van der Waals surface area contributed by atoms with E-state index in [0.29, 0.717) is 11.5 Å². The van der Waals surface area contributed by atoms with Crippen molar-refractivity contribution in [3.05, 3.63) is 60.3 Å². The van der Waals surface area contributed by atoms with E-state index in [-0.39, 0.29) is 0 Å². The quantitative estimate of drug-likeness (QED) is 0.352. The van der Waals surface area contributed by atoms with E-state index in [1.165, 1.54) is 13.8 Å². The molecule has 0 N–H and O–H groups in total. The first-order valence-electron chi connectivity index (χ1n) is 10.0. The Labute approximate surface area is 182 Å². The summed E-state index contributed by atoms with van der Waals surface area (Å²) in [5.41, 5.74) is 0.801. The third-order valence-corrected chi connectivity index (χ3v) is 5.39. The Morgan fingerprint density at radius 2 is 1.71 bits per heavy atom. The number of aliphatic carboxylic acids is 1. The van der Waals surface area contributed by atoms with Gasteiger partial charge in [0.15, 0.2) is 0 Å². The number of aromatic nitrogens is 1. The molecule has 3 rings (SSSR count). The van der Waals surface area contributed by atoms with Gasteiger partial charge in [-0.15, -0.1) is 0 Å². The van der Waals surface area contributed by atoms with Gasteiger partial charge >= 0.3 is 10.1 Å². The van der Waals surface area contributed by atoms with Crippen molar-refractivity contribution in [3.63, 3.8) is 0 Å². The summed E-state index contributed by atoms with van der Waals surface area (Å²) in [5, 5.41) is 12.0. The van der Waals surface area contributed by atoms with Crippen LogP contribution in [0.4, 0.5) is 0 Å². The summed E-state index contributed by atoms with van der Waals surface area (Å²) in [4.78, 5) is 11.0. The second kappa shape index (κ2) is 9.01. The first kappa shape index (κ1) is 22.7. The average molecular weight is 445 g/mol. The molecule has 1 aromatic heterocycles. The minimum absolute atomic E-state index is 0.309. The van der Waals surface area contributed by atoms with Crippen LogP contribution in [0.5, 0.6) is 11.5 Å². The lowest BCUT2D eigenvalue weighted by Gasteiger charge is -2.27. The predicted molar refractivity (Wildman–Crippen MR) is 117 cm³/mol. The van der Waals surface area contributed by atoms with E-state index in [1.54, 1.807) is 24.3 Å². The Balaban J connectivity index is 1.51. The first-order valence-corrected chi connectivity index (χ1v) is 11.8. The van der Waals surface area contributed by atoms with Gasteiger partial charge in [0.25, 0.3) is 0 Å². The van der Waals surface area contributed by atoms with Gasteiger partial charge in [0.2, 0.25) is 0 Å². The monoisotopic (exact) mass is 444 g/mol. The molecule has 0 unspecified atom stereocenters. The number of carbonyl (C=O) groups excluding carboxylic acids is 1. The van der Waals surface area contributed by atoms with Gasteiger partial charge in [0, 0.05) is 23.6 Å². The van der Waals surface area contributed by atoms with E-state index in [4.69, 9.17) is 8.92 Å². The largest absolute Gasteiger partial charge is 0.546 e. The Kier molecular flexibility index (Phi) is 6.59. The van der Waals surface area contributed by atoms with Gasteiger partial charge in [-0.3, -0.25) is 0 Å². The molecule has 0 fully saturated rings. The number of rotatable bonds is 10. The number of carbonyl (C=O) groups is 1. The Morgan fingerprint density at radius 3 is 2.35 bits per heavy atom. The fourth-order valence-corrected chi connectivity index (χ4v) is 3.72. The van der Waals surface area contributed by atoms with Crippen LogP contribution in [0.3, 0.4) is 0 Å². The molecule has 166 valence electrons. The maximum atomic E-state index is 11.3. The maximum Gasteiger partial charge on any atom is 0.306 e. The normalized spacial score (nSPS) is 12.1. The molecule has 3 aromatic rings. The summed E-state index contributed by atoms with van der Waals surface area (Å²) in [6.45, 7) is 3.76. The van der Waals surface area contributed by atoms with E-state index in [2.05, 4.69) is 4.57 Å². The zero-order chi connectivity index (χ0) is 22.6. The third kappa shape index (κ3) is 6.24. The standard InChI is InChI=1S/C23H27NO6S/c1-23(2,22(25)26)29-19-9-7-17(8-10-19)6-4-5-14-24-15-13-18-16-20(11-12-21(18)24)30-31(3,27)28/h7-13,15-16H,4-6,14H2,1-3H3,(H,25,26)/p-1. The summed E-state index contributed by atoms with van der Waals surface area (Å²) < 4.78 is 35.1. The van der Waals surface area contributed by atoms with Gasteiger partial charge in [-0.05, 0) is 75.1 Å². The summed E-state index contributed by atoms with van der Waals surface area (Å²) in [5.74, 6) is -0.451. The zero-order valence-corrected chi connectivity index (χ0v) is 18.6. The van der Waals surface area contributed by atoms with Gasteiger partial charge in [-0.2, -0.15) is 8.42 Å². The number of fused-ring (bicyclic) bond motifs is 1. The second-order valence-corrected chi connectivity index (χ2v) is 9.59. The van der Waals surface area contributed by atoms with Crippen LogP contribution in [0.1, 0.15) is 32.3 Å². The minimum Gasteiger partial charge on any atom is -0.546 e. The van der Waals surface area contributed by atoms with Crippen molar-refractivity contribution in [1.82, 2.24) is 4.57 Å². The molecule has 8 heteroatoms. The molecule has 0 atom stereocenters. The van der Waals surface area contributed by atoms with Gasteiger partial charge < -0.3 is 23.4 Å². The molecule has 0 amide bonds. The molecular weight excluding hydrogens is 418 g/mol. The number of hydrogen-bond donors (Lipinski definition) is 0. The Morgan fingerprint density at radius 1 is 1.03 bits per heavy atom. The molecule has 31 heavy (non-hydrogen) atoms. The fraction of sp³-hybridized carbons (Fsp3) is 0.348. The van der Waals surface area contributed by atoms with Crippen LogP contribution >= 0.6 is 0 Å². The van der Waals surface area contributed by atoms with Crippen molar-refractivity contribution in [1.29, 1.82) is 0 Å². The third-order valence-electron chi connectivity index (χ3n) is 4.89. The minimum atomic E-state index is -3.54. The Hall–Kier alpha value is -3.00. The highest BCUT2D eigenvalue weighted by Gasteiger charge is 2.21. The highest BCUT2D eigenvalue weighted by molar-refractivity contribution is 7.86. The lowest BCUT2D eigenvalue weighted by Crippen LogP contribution is -2.47. The number of carboxylic acid groups (broad SMARTS) is 1. The summed E-state index contributed by atoms with van der Waals surface area (Å²) >= 11 is 0. The summed E-state index contributed by atoms with van der Waals surface area (Å²) in [7, 11) is -3.54. The summed E-state index contributed by atoms with van der Waals surface area (Å²) in [6.07, 6.45) is 5.87. The van der Waals surface area contributed by atoms with Crippen molar-refractivity contribution in [3.8, 4) is 11.5 Å². The van der Waals surface area contributed by atoms with E-state index in [0.717, 1.165) is 48.5 Å². The molecule has 0 bridgehead atoms. The zero-order valence-electron chi connectivity index (χ0n) is 17.8. The van der Waals surface area contributed by atoms with Crippen LogP contribution < -0.4 is 14.0 Å². The second-order valence-electron chi connectivity index (χ2n) is 8.02. The number of ether oxygens (including phenoxy) is 1. The van der Waals surface area contributed by atoms with Crippen molar-refractivity contribution >= 4 is 27.0 Å². The van der Waals surface area contributed by atoms with Crippen molar-refractivity contribution in [2.45, 2.75) is 45.3 Å². The fourth-order valence-electron chi connectivity index (χ4n) is 3.27. The van der Waals surface area contributed by atoms with E-state index >= 15 is 0 Å². The lowest BCUT2D eigenvalue weighted by atomic mass is 10.1. The van der Waals surface area contributed by atoms with Crippen LogP contribution in [0.25, 0.3) is 10.9 Å². The van der Waals surface area contributed by atoms with Crippen LogP contribution in [0.2, 0.25) is 0 Å². The highest BCUT2D eigenvalue weighted by atomic mass is 32.2. The van der Waals surface area contributed by atoms with Crippen LogP contribution in [-0.2, 0) is 27.9 Å². The molecule has 0 spiro atoms. The van der Waals surface area contributed by atoms with Gasteiger partial charge in [-0.25, -0.2) is 0 Å². The van der Waals surface area contributed by atoms with Gasteiger partial charge in [0.05, 0.1) is 12.2 Å². The number of nitrogens with zero attached hydrogens (tertiary/aromatic N) is 1. The van der Waals surface area contributed by atoms with E-state index in [1.807, 2.05) is 30.5 Å². The SMILES string of the molecule is CC(C)(Oc1ccc(CCCCn2ccc3cc(OS(C)(=O)=O)ccc32)cc1)C(=O)[O-]. The van der Waals surface area contributed by atoms with Crippen LogP contribution in [-0.4, -0.2) is 30.8 Å². The molecule has 0 aliphatic heterocycles. The molecule has 0 saturated heterocycles. The first-order chi connectivity index (χ1) is 14.5. The van der Waals surface area contributed by atoms with Crippen molar-refractivity contribution in [2.24, 2.45) is 0 Å². The molecule has 2 aromatic carbocycles. The van der Waals surface area contributed by atoms with Crippen molar-refractivity contribution < 1.29 is 27.2 Å². The average Bonchev–Trinajstić information content (AvgIpc) is 3.07. The Bertz CT molecular complexity index is 1160. The number of hydrogen-bond acceptors (Lipinski definition) is 6.